The molecular weight excluding hydrogens is 222 g/mol. The first kappa shape index (κ1) is 11.4. The van der Waals surface area contributed by atoms with E-state index in [1.807, 2.05) is 12.1 Å². The molecule has 1 heterocycles. The van der Waals surface area contributed by atoms with Crippen molar-refractivity contribution in [2.75, 3.05) is 26.9 Å². The molecule has 2 rings (SSSR count). The van der Waals surface area contributed by atoms with Crippen LogP contribution in [0.4, 0.5) is 0 Å². The van der Waals surface area contributed by atoms with Gasteiger partial charge in [-0.15, -0.1) is 0 Å². The molecule has 0 aliphatic carbocycles. The van der Waals surface area contributed by atoms with Crippen molar-refractivity contribution in [2.24, 2.45) is 4.99 Å². The number of carbonyl (C=O) groups excluding carboxylic acids is 1. The number of aliphatic imine (C=N–C) groups is 1. The van der Waals surface area contributed by atoms with E-state index < -0.39 is 5.97 Å². The molecule has 5 heteroatoms. The zero-order valence-electron chi connectivity index (χ0n) is 9.51. The van der Waals surface area contributed by atoms with Crippen LogP contribution in [0, 0.1) is 0 Å². The van der Waals surface area contributed by atoms with Crippen LogP contribution < -0.4 is 4.74 Å². The number of methoxy groups -OCH3 is 1. The fourth-order valence-corrected chi connectivity index (χ4v) is 1.40. The highest BCUT2D eigenvalue weighted by Gasteiger charge is 2.10. The first-order valence-corrected chi connectivity index (χ1v) is 5.27. The van der Waals surface area contributed by atoms with Crippen molar-refractivity contribution in [1.29, 1.82) is 0 Å². The van der Waals surface area contributed by atoms with E-state index >= 15 is 0 Å². The van der Waals surface area contributed by atoms with Gasteiger partial charge in [-0.05, 0) is 24.3 Å². The molecule has 1 aliphatic rings. The second-order valence-corrected chi connectivity index (χ2v) is 3.42. The minimum Gasteiger partial charge on any atom is -0.482 e. The zero-order chi connectivity index (χ0) is 12.1. The number of nitrogens with zero attached hydrogens (tertiary/aromatic N) is 1. The number of hydrogen-bond acceptors (Lipinski definition) is 5. The molecule has 1 aromatic carbocycles. The van der Waals surface area contributed by atoms with Gasteiger partial charge in [-0.25, -0.2) is 9.79 Å². The van der Waals surface area contributed by atoms with Crippen LogP contribution in [0.25, 0.3) is 0 Å². The Morgan fingerprint density at radius 2 is 2.18 bits per heavy atom. The standard InChI is InChI=1S/C12H13NO4/c1-15-11(14)8-17-10-4-2-9(3-5-10)12-13-6-7-16-12/h2-5H,6-8H2,1H3. The van der Waals surface area contributed by atoms with Gasteiger partial charge in [0.1, 0.15) is 12.4 Å². The lowest BCUT2D eigenvalue weighted by Gasteiger charge is -2.06. The number of rotatable bonds is 4. The summed E-state index contributed by atoms with van der Waals surface area (Å²) in [6, 6.07) is 7.22. The summed E-state index contributed by atoms with van der Waals surface area (Å²) < 4.78 is 15.0. The lowest BCUT2D eigenvalue weighted by atomic mass is 10.2. The topological polar surface area (TPSA) is 57.1 Å². The van der Waals surface area contributed by atoms with Gasteiger partial charge in [0.2, 0.25) is 5.90 Å². The molecule has 0 spiro atoms. The van der Waals surface area contributed by atoms with E-state index in [0.29, 0.717) is 24.8 Å². The molecule has 1 aliphatic heterocycles. The molecule has 0 atom stereocenters. The minimum absolute atomic E-state index is 0.0900. The van der Waals surface area contributed by atoms with Gasteiger partial charge < -0.3 is 14.2 Å². The molecule has 0 N–H and O–H groups in total. The maximum Gasteiger partial charge on any atom is 0.343 e. The maximum atomic E-state index is 10.9. The van der Waals surface area contributed by atoms with Crippen LogP contribution in [-0.4, -0.2) is 38.7 Å². The lowest BCUT2D eigenvalue weighted by Crippen LogP contribution is -2.12. The van der Waals surface area contributed by atoms with E-state index in [9.17, 15) is 4.79 Å². The molecule has 0 amide bonds. The summed E-state index contributed by atoms with van der Waals surface area (Å²) in [6.45, 7) is 1.25. The first-order chi connectivity index (χ1) is 8.29. The van der Waals surface area contributed by atoms with Crippen molar-refractivity contribution < 1.29 is 19.0 Å². The van der Waals surface area contributed by atoms with Crippen LogP contribution in [0.1, 0.15) is 5.56 Å². The largest absolute Gasteiger partial charge is 0.482 e. The van der Waals surface area contributed by atoms with Crippen molar-refractivity contribution in [3.8, 4) is 5.75 Å². The molecule has 0 unspecified atom stereocenters. The molecule has 90 valence electrons. The predicted octanol–water partition coefficient (Wildman–Crippen LogP) is 1.02. The number of benzene rings is 1. The average Bonchev–Trinajstić information content (AvgIpc) is 2.90. The highest BCUT2D eigenvalue weighted by Crippen LogP contribution is 2.14. The van der Waals surface area contributed by atoms with Crippen LogP contribution in [-0.2, 0) is 14.3 Å². The highest BCUT2D eigenvalue weighted by molar-refractivity contribution is 5.95. The molecule has 0 saturated heterocycles. The van der Waals surface area contributed by atoms with Gasteiger partial charge in [0.05, 0.1) is 13.7 Å². The van der Waals surface area contributed by atoms with E-state index in [-0.39, 0.29) is 6.61 Å². The Bertz CT molecular complexity index is 425. The zero-order valence-corrected chi connectivity index (χ0v) is 9.51. The molecule has 17 heavy (non-hydrogen) atoms. The molecular formula is C12H13NO4. The Morgan fingerprint density at radius 1 is 1.41 bits per heavy atom. The van der Waals surface area contributed by atoms with Gasteiger partial charge in [-0.2, -0.15) is 0 Å². The van der Waals surface area contributed by atoms with E-state index in [0.717, 1.165) is 5.56 Å². The molecule has 0 radical (unpaired) electrons. The summed E-state index contributed by atoms with van der Waals surface area (Å²) in [5.74, 6) is 0.861. The Kier molecular flexibility index (Phi) is 3.59. The first-order valence-electron chi connectivity index (χ1n) is 5.27. The fraction of sp³-hybridized carbons (Fsp3) is 0.333. The number of ether oxygens (including phenoxy) is 3. The number of hydrogen-bond donors (Lipinski definition) is 0. The van der Waals surface area contributed by atoms with Crippen molar-refractivity contribution in [1.82, 2.24) is 0 Å². The van der Waals surface area contributed by atoms with E-state index in [2.05, 4.69) is 9.73 Å². The van der Waals surface area contributed by atoms with E-state index in [1.54, 1.807) is 12.1 Å². The fourth-order valence-electron chi connectivity index (χ4n) is 1.40. The normalized spacial score (nSPS) is 13.8. The van der Waals surface area contributed by atoms with Crippen molar-refractivity contribution in [3.05, 3.63) is 29.8 Å². The summed E-state index contributed by atoms with van der Waals surface area (Å²) in [4.78, 5) is 15.1. The molecule has 1 aromatic rings. The van der Waals surface area contributed by atoms with Gasteiger partial charge in [0.15, 0.2) is 6.61 Å². The third-order valence-corrected chi connectivity index (χ3v) is 2.27. The molecule has 0 aromatic heterocycles. The van der Waals surface area contributed by atoms with Crippen LogP contribution in [0.5, 0.6) is 5.75 Å². The predicted molar refractivity (Wildman–Crippen MR) is 61.3 cm³/mol. The van der Waals surface area contributed by atoms with Crippen molar-refractivity contribution in [2.45, 2.75) is 0 Å². The lowest BCUT2D eigenvalue weighted by molar-refractivity contribution is -0.142. The second kappa shape index (κ2) is 5.34. The Morgan fingerprint density at radius 3 is 2.76 bits per heavy atom. The SMILES string of the molecule is COC(=O)COc1ccc(C2=NCCO2)cc1. The van der Waals surface area contributed by atoms with Crippen LogP contribution in [0.2, 0.25) is 0 Å². The van der Waals surface area contributed by atoms with Crippen LogP contribution >= 0.6 is 0 Å². The summed E-state index contributed by atoms with van der Waals surface area (Å²) in [5.41, 5.74) is 0.910. The quantitative estimate of drug-likeness (QED) is 0.731. The van der Waals surface area contributed by atoms with Crippen LogP contribution in [0.15, 0.2) is 29.3 Å². The van der Waals surface area contributed by atoms with Crippen molar-refractivity contribution in [3.63, 3.8) is 0 Å². The van der Waals surface area contributed by atoms with Gasteiger partial charge >= 0.3 is 5.97 Å². The molecule has 5 nitrogen and oxygen atoms in total. The summed E-state index contributed by atoms with van der Waals surface area (Å²) in [7, 11) is 1.32. The minimum atomic E-state index is -0.405. The second-order valence-electron chi connectivity index (χ2n) is 3.42. The van der Waals surface area contributed by atoms with Crippen molar-refractivity contribution >= 4 is 11.9 Å². The highest BCUT2D eigenvalue weighted by atomic mass is 16.6. The Balaban J connectivity index is 1.95. The smallest absolute Gasteiger partial charge is 0.343 e. The Hall–Kier alpha value is -2.04. The monoisotopic (exact) mass is 235 g/mol. The summed E-state index contributed by atoms with van der Waals surface area (Å²) in [5, 5.41) is 0. The average molecular weight is 235 g/mol. The summed E-state index contributed by atoms with van der Waals surface area (Å²) in [6.07, 6.45) is 0. The third kappa shape index (κ3) is 2.96. The number of esters is 1. The van der Waals surface area contributed by atoms with Gasteiger partial charge in [0.25, 0.3) is 0 Å². The van der Waals surface area contributed by atoms with Crippen LogP contribution in [0.3, 0.4) is 0 Å². The molecule has 0 fully saturated rings. The Labute approximate surface area is 99.0 Å². The maximum absolute atomic E-state index is 10.9. The number of carbonyl (C=O) groups is 1. The van der Waals surface area contributed by atoms with E-state index in [4.69, 9.17) is 9.47 Å². The summed E-state index contributed by atoms with van der Waals surface area (Å²) >= 11 is 0. The van der Waals surface area contributed by atoms with Gasteiger partial charge in [-0.1, -0.05) is 0 Å². The third-order valence-electron chi connectivity index (χ3n) is 2.27. The van der Waals surface area contributed by atoms with E-state index in [1.165, 1.54) is 7.11 Å². The molecule has 0 saturated carbocycles. The van der Waals surface area contributed by atoms with Gasteiger partial charge in [-0.3, -0.25) is 0 Å². The molecule has 0 bridgehead atoms. The van der Waals surface area contributed by atoms with Gasteiger partial charge in [0, 0.05) is 5.56 Å².